The van der Waals surface area contributed by atoms with E-state index in [4.69, 9.17) is 8.83 Å². The Balaban J connectivity index is 1.02. The first-order valence-electron chi connectivity index (χ1n) is 22.1. The van der Waals surface area contributed by atoms with Crippen molar-refractivity contribution < 1.29 is 8.83 Å². The molecule has 0 saturated heterocycles. The van der Waals surface area contributed by atoms with E-state index in [1.807, 2.05) is 0 Å². The lowest BCUT2D eigenvalue weighted by Crippen LogP contribution is -2.10. The van der Waals surface area contributed by atoms with Crippen LogP contribution in [0.4, 0.5) is 34.1 Å². The van der Waals surface area contributed by atoms with Gasteiger partial charge in [-0.25, -0.2) is 0 Å². The van der Waals surface area contributed by atoms with E-state index in [1.165, 1.54) is 22.3 Å². The van der Waals surface area contributed by atoms with Crippen LogP contribution in [0.5, 0.6) is 0 Å². The van der Waals surface area contributed by atoms with Gasteiger partial charge in [0.1, 0.15) is 22.3 Å². The van der Waals surface area contributed by atoms with Gasteiger partial charge in [0.2, 0.25) is 0 Å². The molecule has 11 rings (SSSR count). The molecule has 2 aromatic heterocycles. The first kappa shape index (κ1) is 37.7. The molecule has 9 aromatic carbocycles. The lowest BCUT2D eigenvalue weighted by atomic mass is 10.0. The molecule has 302 valence electrons. The van der Waals surface area contributed by atoms with Gasteiger partial charge in [0.05, 0.1) is 5.39 Å². The van der Waals surface area contributed by atoms with E-state index in [0.717, 1.165) is 125 Å². The number of hydrogen-bond donors (Lipinski definition) is 0. The summed E-state index contributed by atoms with van der Waals surface area (Å²) < 4.78 is 13.7. The molecule has 0 fully saturated rings. The molecule has 0 bridgehead atoms. The predicted octanol–water partition coefficient (Wildman–Crippen LogP) is 17.0. The molecule has 0 atom stereocenters. The third kappa shape index (κ3) is 6.29. The van der Waals surface area contributed by atoms with E-state index < -0.39 is 0 Å². The highest BCUT2D eigenvalue weighted by Crippen LogP contribution is 2.45. The summed E-state index contributed by atoms with van der Waals surface area (Å²) in [4.78, 5) is 4.69. The van der Waals surface area contributed by atoms with Crippen LogP contribution < -0.4 is 9.80 Å². The van der Waals surface area contributed by atoms with E-state index >= 15 is 0 Å². The summed E-state index contributed by atoms with van der Waals surface area (Å²) in [7, 11) is 0. The molecule has 0 amide bonds. The summed E-state index contributed by atoms with van der Waals surface area (Å²) in [5.41, 5.74) is 15.5. The molecule has 2 heterocycles. The van der Waals surface area contributed by atoms with Crippen molar-refractivity contribution in [2.45, 2.75) is 53.4 Å². The molecule has 0 aliphatic rings. The van der Waals surface area contributed by atoms with Crippen LogP contribution in [0.1, 0.15) is 49.9 Å². The normalized spacial score (nSPS) is 11.8. The van der Waals surface area contributed by atoms with Crippen LogP contribution in [0, 0.1) is 0 Å². The highest BCUT2D eigenvalue weighted by atomic mass is 16.3. The summed E-state index contributed by atoms with van der Waals surface area (Å²) in [5, 5.41) is 8.66. The molecular weight excluding hydrogens is 757 g/mol. The topological polar surface area (TPSA) is 32.8 Å². The summed E-state index contributed by atoms with van der Waals surface area (Å²) in [5.74, 6) is 0. The van der Waals surface area contributed by atoms with Crippen molar-refractivity contribution in [1.29, 1.82) is 0 Å². The maximum atomic E-state index is 6.98. The van der Waals surface area contributed by atoms with Gasteiger partial charge in [0, 0.05) is 61.1 Å². The monoisotopic (exact) mass is 804 g/mol. The number of aryl methyl sites for hydroxylation is 4. The average molecular weight is 805 g/mol. The Morgan fingerprint density at radius 1 is 0.306 bits per heavy atom. The van der Waals surface area contributed by atoms with Crippen molar-refractivity contribution in [2.75, 3.05) is 9.80 Å². The number of fused-ring (bicyclic) bond motifs is 11. The number of anilines is 6. The van der Waals surface area contributed by atoms with Crippen molar-refractivity contribution in [1.82, 2.24) is 0 Å². The van der Waals surface area contributed by atoms with Gasteiger partial charge in [-0.1, -0.05) is 88.4 Å². The van der Waals surface area contributed by atoms with Crippen molar-refractivity contribution in [3.05, 3.63) is 192 Å². The molecule has 0 radical (unpaired) electrons. The highest BCUT2D eigenvalue weighted by Gasteiger charge is 2.21. The number of nitrogens with zero attached hydrogens (tertiary/aromatic N) is 2. The maximum Gasteiger partial charge on any atom is 0.147 e. The van der Waals surface area contributed by atoms with Gasteiger partial charge in [-0.3, -0.25) is 0 Å². The third-order valence-corrected chi connectivity index (χ3v) is 12.9. The van der Waals surface area contributed by atoms with E-state index in [0.29, 0.717) is 0 Å². The lowest BCUT2D eigenvalue weighted by Gasteiger charge is -2.26. The second kappa shape index (κ2) is 15.3. The Kier molecular flexibility index (Phi) is 9.30. The Bertz CT molecular complexity index is 3330. The Morgan fingerprint density at radius 3 is 1.06 bits per heavy atom. The molecule has 0 saturated carbocycles. The molecule has 4 nitrogen and oxygen atoms in total. The fourth-order valence-electron chi connectivity index (χ4n) is 9.34. The van der Waals surface area contributed by atoms with Crippen LogP contribution in [0.3, 0.4) is 0 Å². The van der Waals surface area contributed by atoms with E-state index in [2.05, 4.69) is 207 Å². The lowest BCUT2D eigenvalue weighted by molar-refractivity contribution is 0.666. The van der Waals surface area contributed by atoms with Crippen molar-refractivity contribution in [2.24, 2.45) is 0 Å². The molecule has 0 spiro atoms. The van der Waals surface area contributed by atoms with E-state index in [-0.39, 0.29) is 0 Å². The zero-order valence-electron chi connectivity index (χ0n) is 35.7. The van der Waals surface area contributed by atoms with Crippen molar-refractivity contribution >= 4 is 99.5 Å². The third-order valence-electron chi connectivity index (χ3n) is 12.9. The molecule has 0 aliphatic carbocycles. The second-order valence-electron chi connectivity index (χ2n) is 16.5. The minimum absolute atomic E-state index is 0.821. The first-order valence-corrected chi connectivity index (χ1v) is 22.1. The fourth-order valence-corrected chi connectivity index (χ4v) is 9.34. The van der Waals surface area contributed by atoms with Crippen LogP contribution in [-0.4, -0.2) is 0 Å². The van der Waals surface area contributed by atoms with Crippen LogP contribution in [0.25, 0.3) is 65.4 Å². The summed E-state index contributed by atoms with van der Waals surface area (Å²) in [6.07, 6.45) is 4.04. The average Bonchev–Trinajstić information content (AvgIpc) is 3.91. The van der Waals surface area contributed by atoms with Gasteiger partial charge in [-0.15, -0.1) is 0 Å². The smallest absolute Gasteiger partial charge is 0.147 e. The predicted molar refractivity (Wildman–Crippen MR) is 263 cm³/mol. The zero-order valence-corrected chi connectivity index (χ0v) is 35.7. The molecular formula is C58H48N2O2. The van der Waals surface area contributed by atoms with Gasteiger partial charge in [-0.2, -0.15) is 0 Å². The zero-order chi connectivity index (χ0) is 41.9. The first-order chi connectivity index (χ1) is 30.5. The minimum atomic E-state index is 0.821. The minimum Gasteiger partial charge on any atom is -0.455 e. The van der Waals surface area contributed by atoms with Gasteiger partial charge in [0.25, 0.3) is 0 Å². The maximum absolute atomic E-state index is 6.98. The number of hydrogen-bond acceptors (Lipinski definition) is 4. The standard InChI is InChI=1S/C58H48N2O2/c1-5-37-9-19-43(20-10-37)59(44-21-11-38(6-2)12-22-44)47-27-31-49-41(35-47)17-29-51-52-33-34-54-55(58(52)62-56(49)51)53-30-18-42-36-48(28-32-50(42)57(53)61-54)60(45-23-13-39(7-3)14-24-45)46-25-15-40(8-4)16-26-46/h9-36H,5-8H2,1-4H3. The second-order valence-corrected chi connectivity index (χ2v) is 16.5. The SMILES string of the molecule is CCc1ccc(N(c2ccc(CC)cc2)c2ccc3c(ccc4c5ccc6oc7c8ccc(N(c9ccc(CC)cc9)c9ccc(CC)cc9)cc8ccc7c6c5oc34)c2)cc1. The summed E-state index contributed by atoms with van der Waals surface area (Å²) in [6.45, 7) is 8.80. The molecule has 62 heavy (non-hydrogen) atoms. The Morgan fingerprint density at radius 2 is 0.645 bits per heavy atom. The van der Waals surface area contributed by atoms with Crippen LogP contribution in [0.2, 0.25) is 0 Å². The Hall–Kier alpha value is -7.30. The van der Waals surface area contributed by atoms with Crippen LogP contribution in [0.15, 0.2) is 179 Å². The number of benzene rings is 9. The van der Waals surface area contributed by atoms with Gasteiger partial charge >= 0.3 is 0 Å². The molecule has 4 heteroatoms. The van der Waals surface area contributed by atoms with E-state index in [1.54, 1.807) is 0 Å². The summed E-state index contributed by atoms with van der Waals surface area (Å²) in [6, 6.07) is 62.3. The largest absolute Gasteiger partial charge is 0.455 e. The summed E-state index contributed by atoms with van der Waals surface area (Å²) >= 11 is 0. The van der Waals surface area contributed by atoms with Crippen molar-refractivity contribution in [3.8, 4) is 0 Å². The Labute approximate surface area is 362 Å². The quantitative estimate of drug-likeness (QED) is 0.138. The van der Waals surface area contributed by atoms with Gasteiger partial charge < -0.3 is 18.6 Å². The van der Waals surface area contributed by atoms with E-state index in [9.17, 15) is 0 Å². The van der Waals surface area contributed by atoms with Crippen molar-refractivity contribution in [3.63, 3.8) is 0 Å². The molecule has 0 aliphatic heterocycles. The molecule has 0 unspecified atom stereocenters. The van der Waals surface area contributed by atoms with Crippen LogP contribution in [-0.2, 0) is 25.7 Å². The van der Waals surface area contributed by atoms with Gasteiger partial charge in [-0.05, 0) is 168 Å². The van der Waals surface area contributed by atoms with Crippen LogP contribution >= 0.6 is 0 Å². The molecule has 11 aromatic rings. The fraction of sp³-hybridized carbons (Fsp3) is 0.138. The highest BCUT2D eigenvalue weighted by molar-refractivity contribution is 6.27. The van der Waals surface area contributed by atoms with Gasteiger partial charge in [0.15, 0.2) is 0 Å². The number of furan rings is 2. The molecule has 0 N–H and O–H groups in total. The number of rotatable bonds is 10.